The number of nitrogens with zero attached hydrogens (tertiary/aromatic N) is 8. The Morgan fingerprint density at radius 2 is 1.67 bits per heavy atom. The number of hydrogen-bond acceptors (Lipinski definition) is 8. The number of rotatable bonds is 4. The molecule has 0 atom stereocenters. The smallest absolute Gasteiger partial charge is 0.175 e. The highest BCUT2D eigenvalue weighted by atomic mass is 15.4. The molecular weight excluding hydrogens is 378 g/mol. The van der Waals surface area contributed by atoms with Crippen molar-refractivity contribution in [3.05, 3.63) is 60.2 Å². The largest absolute Gasteiger partial charge is 0.383 e. The lowest BCUT2D eigenvalue weighted by molar-refractivity contribution is 0.243. The molecule has 30 heavy (non-hydrogen) atoms. The van der Waals surface area contributed by atoms with E-state index in [9.17, 15) is 0 Å². The predicted octanol–water partition coefficient (Wildman–Crippen LogP) is 1.82. The minimum absolute atomic E-state index is 0.539. The van der Waals surface area contributed by atoms with Crippen molar-refractivity contribution in [1.29, 1.82) is 0 Å². The van der Waals surface area contributed by atoms with E-state index in [2.05, 4.69) is 35.1 Å². The molecule has 152 valence electrons. The Morgan fingerprint density at radius 3 is 2.40 bits per heavy atom. The number of para-hydroxylation sites is 1. The average Bonchev–Trinajstić information content (AvgIpc) is 3.21. The van der Waals surface area contributed by atoms with Gasteiger partial charge in [-0.25, -0.2) is 14.6 Å². The minimum Gasteiger partial charge on any atom is -0.383 e. The van der Waals surface area contributed by atoms with Crippen molar-refractivity contribution >= 4 is 22.5 Å². The van der Waals surface area contributed by atoms with Gasteiger partial charge in [0.05, 0.1) is 17.8 Å². The zero-order chi connectivity index (χ0) is 20.5. The molecule has 0 spiro atoms. The summed E-state index contributed by atoms with van der Waals surface area (Å²) >= 11 is 0. The van der Waals surface area contributed by atoms with Crippen molar-refractivity contribution in [1.82, 2.24) is 34.8 Å². The SMILES string of the molecule is Cc1ccn(-c2ccc(N3CCN(Cc4nc(N)c5ccccc5n4)CC3)nn2)n1. The van der Waals surface area contributed by atoms with Gasteiger partial charge in [-0.2, -0.15) is 5.10 Å². The number of nitrogens with two attached hydrogens (primary N) is 1. The highest BCUT2D eigenvalue weighted by Crippen LogP contribution is 2.19. The van der Waals surface area contributed by atoms with Gasteiger partial charge in [0.15, 0.2) is 11.6 Å². The number of aromatic nitrogens is 6. The molecule has 2 N–H and O–H groups in total. The van der Waals surface area contributed by atoms with Crippen molar-refractivity contribution in [3.8, 4) is 5.82 Å². The fourth-order valence-corrected chi connectivity index (χ4v) is 3.71. The van der Waals surface area contributed by atoms with Crippen LogP contribution in [0.3, 0.4) is 0 Å². The number of piperazine rings is 1. The fourth-order valence-electron chi connectivity index (χ4n) is 3.71. The van der Waals surface area contributed by atoms with Crippen molar-refractivity contribution in [2.24, 2.45) is 0 Å². The van der Waals surface area contributed by atoms with E-state index in [1.54, 1.807) is 4.68 Å². The van der Waals surface area contributed by atoms with Crippen LogP contribution >= 0.6 is 0 Å². The van der Waals surface area contributed by atoms with Crippen molar-refractivity contribution in [2.45, 2.75) is 13.5 Å². The number of fused-ring (bicyclic) bond motifs is 1. The number of nitrogen functional groups attached to an aromatic ring is 1. The summed E-state index contributed by atoms with van der Waals surface area (Å²) in [6.45, 7) is 6.19. The van der Waals surface area contributed by atoms with Crippen molar-refractivity contribution < 1.29 is 0 Å². The Hall–Kier alpha value is -3.59. The number of benzene rings is 1. The molecule has 3 aromatic heterocycles. The van der Waals surface area contributed by atoms with Gasteiger partial charge < -0.3 is 10.6 Å². The quantitative estimate of drug-likeness (QED) is 0.552. The summed E-state index contributed by atoms with van der Waals surface area (Å²) in [5, 5.41) is 14.0. The summed E-state index contributed by atoms with van der Waals surface area (Å²) in [6, 6.07) is 13.7. The maximum Gasteiger partial charge on any atom is 0.175 e. The molecule has 0 bridgehead atoms. The fraction of sp³-hybridized carbons (Fsp3) is 0.286. The Kier molecular flexibility index (Phi) is 4.72. The lowest BCUT2D eigenvalue weighted by atomic mass is 10.2. The second-order valence-corrected chi connectivity index (χ2v) is 7.46. The van der Waals surface area contributed by atoms with E-state index >= 15 is 0 Å². The first-order chi connectivity index (χ1) is 14.7. The molecule has 1 aliphatic heterocycles. The van der Waals surface area contributed by atoms with Crippen LogP contribution in [0.4, 0.5) is 11.6 Å². The number of aryl methyl sites for hydroxylation is 1. The molecule has 0 unspecified atom stereocenters. The van der Waals surface area contributed by atoms with Crippen LogP contribution in [0.25, 0.3) is 16.7 Å². The Bertz CT molecular complexity index is 1160. The molecule has 1 aliphatic rings. The molecule has 4 heterocycles. The third-order valence-corrected chi connectivity index (χ3v) is 5.33. The monoisotopic (exact) mass is 401 g/mol. The van der Waals surface area contributed by atoms with E-state index in [4.69, 9.17) is 5.73 Å². The van der Waals surface area contributed by atoms with E-state index in [1.807, 2.05) is 55.6 Å². The average molecular weight is 401 g/mol. The first kappa shape index (κ1) is 18.4. The molecule has 0 aliphatic carbocycles. The minimum atomic E-state index is 0.539. The zero-order valence-corrected chi connectivity index (χ0v) is 16.8. The zero-order valence-electron chi connectivity index (χ0n) is 16.8. The molecule has 1 fully saturated rings. The number of anilines is 2. The molecule has 5 rings (SSSR count). The highest BCUT2D eigenvalue weighted by molar-refractivity contribution is 5.87. The second-order valence-electron chi connectivity index (χ2n) is 7.46. The maximum absolute atomic E-state index is 6.12. The first-order valence-electron chi connectivity index (χ1n) is 10.0. The molecule has 0 saturated carbocycles. The van der Waals surface area contributed by atoms with Crippen molar-refractivity contribution in [3.63, 3.8) is 0 Å². The summed E-state index contributed by atoms with van der Waals surface area (Å²) in [6.07, 6.45) is 1.89. The van der Waals surface area contributed by atoms with E-state index in [1.165, 1.54) is 0 Å². The highest BCUT2D eigenvalue weighted by Gasteiger charge is 2.20. The normalized spacial score (nSPS) is 15.0. The molecule has 0 amide bonds. The Morgan fingerprint density at radius 1 is 0.900 bits per heavy atom. The number of hydrogen-bond donors (Lipinski definition) is 1. The van der Waals surface area contributed by atoms with Crippen LogP contribution < -0.4 is 10.6 Å². The van der Waals surface area contributed by atoms with Gasteiger partial charge in [0.2, 0.25) is 0 Å². The van der Waals surface area contributed by atoms with Gasteiger partial charge in [-0.1, -0.05) is 12.1 Å². The molecule has 0 radical (unpaired) electrons. The van der Waals surface area contributed by atoms with E-state index in [-0.39, 0.29) is 0 Å². The summed E-state index contributed by atoms with van der Waals surface area (Å²) in [5.41, 5.74) is 7.96. The standard InChI is InChI=1S/C21H23N9/c1-15-8-9-30(27-15)20-7-6-19(25-26-20)29-12-10-28(11-13-29)14-18-23-17-5-3-2-4-16(17)21(22)24-18/h2-9H,10-14H2,1H3,(H2,22,23,24). The van der Waals surface area contributed by atoms with E-state index < -0.39 is 0 Å². The molecule has 9 heteroatoms. The Labute approximate surface area is 174 Å². The Balaban J connectivity index is 1.22. The lowest BCUT2D eigenvalue weighted by Crippen LogP contribution is -2.46. The second kappa shape index (κ2) is 7.68. The topological polar surface area (TPSA) is 102 Å². The van der Waals surface area contributed by atoms with Gasteiger partial charge in [0.1, 0.15) is 11.6 Å². The lowest BCUT2D eigenvalue weighted by Gasteiger charge is -2.34. The molecule has 1 saturated heterocycles. The van der Waals surface area contributed by atoms with E-state index in [0.717, 1.165) is 60.2 Å². The van der Waals surface area contributed by atoms with Crippen LogP contribution in [0.2, 0.25) is 0 Å². The van der Waals surface area contributed by atoms with Gasteiger partial charge in [-0.15, -0.1) is 10.2 Å². The van der Waals surface area contributed by atoms with E-state index in [0.29, 0.717) is 12.4 Å². The third-order valence-electron chi connectivity index (χ3n) is 5.33. The summed E-state index contributed by atoms with van der Waals surface area (Å²) in [7, 11) is 0. The van der Waals surface area contributed by atoms with Gasteiger partial charge in [0.25, 0.3) is 0 Å². The summed E-state index contributed by atoms with van der Waals surface area (Å²) in [4.78, 5) is 13.8. The van der Waals surface area contributed by atoms with Crippen LogP contribution in [0.5, 0.6) is 0 Å². The van der Waals surface area contributed by atoms with Crippen LogP contribution in [0.1, 0.15) is 11.5 Å². The maximum atomic E-state index is 6.12. The third kappa shape index (κ3) is 3.67. The van der Waals surface area contributed by atoms with Crippen LogP contribution in [-0.2, 0) is 6.54 Å². The van der Waals surface area contributed by atoms with Gasteiger partial charge >= 0.3 is 0 Å². The van der Waals surface area contributed by atoms with Crippen LogP contribution in [0.15, 0.2) is 48.7 Å². The molecule has 9 nitrogen and oxygen atoms in total. The van der Waals surface area contributed by atoms with Crippen LogP contribution in [-0.4, -0.2) is 61.0 Å². The predicted molar refractivity (Wildman–Crippen MR) is 115 cm³/mol. The van der Waals surface area contributed by atoms with Crippen LogP contribution in [0, 0.1) is 6.92 Å². The van der Waals surface area contributed by atoms with Gasteiger partial charge in [0, 0.05) is 37.8 Å². The molecule has 1 aromatic carbocycles. The molecular formula is C21H23N9. The first-order valence-corrected chi connectivity index (χ1v) is 10.0. The molecule has 4 aromatic rings. The summed E-state index contributed by atoms with van der Waals surface area (Å²) in [5.74, 6) is 2.90. The van der Waals surface area contributed by atoms with Gasteiger partial charge in [-0.05, 0) is 37.3 Å². The van der Waals surface area contributed by atoms with Gasteiger partial charge in [-0.3, -0.25) is 4.90 Å². The summed E-state index contributed by atoms with van der Waals surface area (Å²) < 4.78 is 1.74. The van der Waals surface area contributed by atoms with Crippen molar-refractivity contribution in [2.75, 3.05) is 36.8 Å².